The number of benzene rings is 1. The Hall–Kier alpha value is -1.26. The van der Waals surface area contributed by atoms with E-state index in [1.165, 1.54) is 0 Å². The van der Waals surface area contributed by atoms with Crippen molar-refractivity contribution in [2.24, 2.45) is 0 Å². The highest BCUT2D eigenvalue weighted by atomic mass is 35.5. The van der Waals surface area contributed by atoms with Crippen molar-refractivity contribution in [3.05, 3.63) is 28.8 Å². The van der Waals surface area contributed by atoms with Gasteiger partial charge in [-0.05, 0) is 24.1 Å². The lowest BCUT2D eigenvalue weighted by molar-refractivity contribution is -0.120. The van der Waals surface area contributed by atoms with Crippen LogP contribution in [0.3, 0.4) is 0 Å². The van der Waals surface area contributed by atoms with Crippen LogP contribution in [0.25, 0.3) is 0 Å². The predicted octanol–water partition coefficient (Wildman–Crippen LogP) is 2.05. The van der Waals surface area contributed by atoms with Gasteiger partial charge in [0, 0.05) is 26.1 Å². The molecule has 0 radical (unpaired) electrons. The van der Waals surface area contributed by atoms with Gasteiger partial charge in [0.15, 0.2) is 0 Å². The molecule has 4 nitrogen and oxygen atoms in total. The summed E-state index contributed by atoms with van der Waals surface area (Å²) < 4.78 is 0. The second-order valence-corrected chi connectivity index (χ2v) is 4.47. The summed E-state index contributed by atoms with van der Waals surface area (Å²) in [5, 5.41) is 15.6. The van der Waals surface area contributed by atoms with E-state index in [1.807, 2.05) is 6.92 Å². The van der Waals surface area contributed by atoms with Crippen molar-refractivity contribution in [3.8, 4) is 5.75 Å². The lowest BCUT2D eigenvalue weighted by Crippen LogP contribution is -2.28. The van der Waals surface area contributed by atoms with Crippen LogP contribution in [0.5, 0.6) is 5.75 Å². The average Bonchev–Trinajstić information content (AvgIpc) is 2.36. The van der Waals surface area contributed by atoms with E-state index in [-0.39, 0.29) is 11.7 Å². The van der Waals surface area contributed by atoms with Crippen LogP contribution in [0.2, 0.25) is 5.02 Å². The first kappa shape index (κ1) is 14.8. The van der Waals surface area contributed by atoms with Crippen molar-refractivity contribution in [3.63, 3.8) is 0 Å². The third kappa shape index (κ3) is 5.38. The molecule has 0 saturated heterocycles. The fourth-order valence-electron chi connectivity index (χ4n) is 1.45. The molecule has 1 aromatic rings. The van der Waals surface area contributed by atoms with Gasteiger partial charge in [-0.3, -0.25) is 4.79 Å². The molecule has 0 spiro atoms. The van der Waals surface area contributed by atoms with Crippen LogP contribution in [0.15, 0.2) is 18.2 Å². The molecular weight excluding hydrogens is 252 g/mol. The summed E-state index contributed by atoms with van der Waals surface area (Å²) in [7, 11) is 0. The van der Waals surface area contributed by atoms with Crippen molar-refractivity contribution >= 4 is 17.5 Å². The van der Waals surface area contributed by atoms with E-state index in [0.29, 0.717) is 24.5 Å². The van der Waals surface area contributed by atoms with Gasteiger partial charge in [0.1, 0.15) is 5.75 Å². The lowest BCUT2D eigenvalue weighted by Gasteiger charge is -2.06. The molecule has 0 aliphatic rings. The molecule has 0 aliphatic heterocycles. The molecule has 0 aliphatic carbocycles. The number of amides is 1. The number of phenolic OH excluding ortho intramolecular Hbond substituents is 1. The normalized spacial score (nSPS) is 10.3. The Morgan fingerprint density at radius 1 is 1.39 bits per heavy atom. The van der Waals surface area contributed by atoms with Gasteiger partial charge in [0.05, 0.1) is 5.02 Å². The van der Waals surface area contributed by atoms with Crippen LogP contribution in [0, 0.1) is 0 Å². The SMILES string of the molecule is CCCNC(=O)CCNCc1ccc(O)c(Cl)c1. The first-order chi connectivity index (χ1) is 8.63. The number of halogens is 1. The largest absolute Gasteiger partial charge is 0.506 e. The molecule has 18 heavy (non-hydrogen) atoms. The van der Waals surface area contributed by atoms with Crippen molar-refractivity contribution in [2.45, 2.75) is 26.3 Å². The Morgan fingerprint density at radius 2 is 2.17 bits per heavy atom. The van der Waals surface area contributed by atoms with Crippen LogP contribution in [-0.4, -0.2) is 24.1 Å². The monoisotopic (exact) mass is 270 g/mol. The highest BCUT2D eigenvalue weighted by Gasteiger charge is 2.01. The molecular formula is C13H19ClN2O2. The fourth-order valence-corrected chi connectivity index (χ4v) is 1.65. The van der Waals surface area contributed by atoms with Gasteiger partial charge in [0.2, 0.25) is 5.91 Å². The number of nitrogens with one attached hydrogen (secondary N) is 2. The summed E-state index contributed by atoms with van der Waals surface area (Å²) in [5.74, 6) is 0.146. The second kappa shape index (κ2) is 7.95. The number of carbonyl (C=O) groups excluding carboxylic acids is 1. The van der Waals surface area contributed by atoms with Crippen molar-refractivity contribution in [1.29, 1.82) is 0 Å². The zero-order valence-electron chi connectivity index (χ0n) is 10.5. The number of phenols is 1. The molecule has 0 unspecified atom stereocenters. The standard InChI is InChI=1S/C13H19ClN2O2/c1-2-6-16-13(18)5-7-15-9-10-3-4-12(17)11(14)8-10/h3-4,8,15,17H,2,5-7,9H2,1H3,(H,16,18). The molecule has 0 heterocycles. The van der Waals surface area contributed by atoms with Gasteiger partial charge >= 0.3 is 0 Å². The number of rotatable bonds is 7. The Bertz CT molecular complexity index is 397. The highest BCUT2D eigenvalue weighted by molar-refractivity contribution is 6.32. The molecule has 0 atom stereocenters. The topological polar surface area (TPSA) is 61.4 Å². The third-order valence-corrected chi connectivity index (χ3v) is 2.74. The quantitative estimate of drug-likeness (QED) is 0.665. The molecule has 0 saturated carbocycles. The summed E-state index contributed by atoms with van der Waals surface area (Å²) in [6.07, 6.45) is 1.41. The molecule has 1 rings (SSSR count). The average molecular weight is 271 g/mol. The maximum absolute atomic E-state index is 11.3. The minimum Gasteiger partial charge on any atom is -0.506 e. The minimum absolute atomic E-state index is 0.0630. The molecule has 3 N–H and O–H groups in total. The first-order valence-electron chi connectivity index (χ1n) is 6.08. The summed E-state index contributed by atoms with van der Waals surface area (Å²) in [4.78, 5) is 11.3. The van der Waals surface area contributed by atoms with Gasteiger partial charge in [0.25, 0.3) is 0 Å². The van der Waals surface area contributed by atoms with Crippen molar-refractivity contribution in [2.75, 3.05) is 13.1 Å². The minimum atomic E-state index is 0.0630. The molecule has 5 heteroatoms. The van der Waals surface area contributed by atoms with Crippen LogP contribution in [-0.2, 0) is 11.3 Å². The smallest absolute Gasteiger partial charge is 0.221 e. The van der Waals surface area contributed by atoms with Crippen molar-refractivity contribution < 1.29 is 9.90 Å². The summed E-state index contributed by atoms with van der Waals surface area (Å²) in [6.45, 7) is 3.99. The van der Waals surface area contributed by atoms with E-state index in [0.717, 1.165) is 18.5 Å². The first-order valence-corrected chi connectivity index (χ1v) is 6.46. The summed E-state index contributed by atoms with van der Waals surface area (Å²) in [6, 6.07) is 5.07. The van der Waals surface area contributed by atoms with Gasteiger partial charge in [-0.1, -0.05) is 24.6 Å². The van der Waals surface area contributed by atoms with Gasteiger partial charge < -0.3 is 15.7 Å². The number of hydrogen-bond acceptors (Lipinski definition) is 3. The van der Waals surface area contributed by atoms with Gasteiger partial charge in [-0.2, -0.15) is 0 Å². The van der Waals surface area contributed by atoms with E-state index in [4.69, 9.17) is 11.6 Å². The predicted molar refractivity (Wildman–Crippen MR) is 72.7 cm³/mol. The van der Waals surface area contributed by atoms with E-state index in [2.05, 4.69) is 10.6 Å². The molecule has 0 aromatic heterocycles. The van der Waals surface area contributed by atoms with Gasteiger partial charge in [-0.15, -0.1) is 0 Å². The van der Waals surface area contributed by atoms with Crippen LogP contribution in [0.1, 0.15) is 25.3 Å². The van der Waals surface area contributed by atoms with E-state index < -0.39 is 0 Å². The molecule has 100 valence electrons. The highest BCUT2D eigenvalue weighted by Crippen LogP contribution is 2.23. The Kier molecular flexibility index (Phi) is 6.54. The summed E-state index contributed by atoms with van der Waals surface area (Å²) >= 11 is 5.79. The zero-order chi connectivity index (χ0) is 13.4. The van der Waals surface area contributed by atoms with E-state index in [1.54, 1.807) is 18.2 Å². The molecule has 0 fully saturated rings. The molecule has 0 bridgehead atoms. The number of carbonyl (C=O) groups is 1. The third-order valence-electron chi connectivity index (χ3n) is 2.44. The Balaban J connectivity index is 2.21. The molecule has 1 aromatic carbocycles. The summed E-state index contributed by atoms with van der Waals surface area (Å²) in [5.41, 5.74) is 0.978. The number of hydrogen-bond donors (Lipinski definition) is 3. The van der Waals surface area contributed by atoms with E-state index in [9.17, 15) is 9.90 Å². The fraction of sp³-hybridized carbons (Fsp3) is 0.462. The second-order valence-electron chi connectivity index (χ2n) is 4.06. The molecule has 1 amide bonds. The Labute approximate surface area is 112 Å². The Morgan fingerprint density at radius 3 is 2.83 bits per heavy atom. The van der Waals surface area contributed by atoms with E-state index >= 15 is 0 Å². The maximum Gasteiger partial charge on any atom is 0.221 e. The maximum atomic E-state index is 11.3. The number of aromatic hydroxyl groups is 1. The van der Waals surface area contributed by atoms with Crippen LogP contribution in [0.4, 0.5) is 0 Å². The lowest BCUT2D eigenvalue weighted by atomic mass is 10.2. The van der Waals surface area contributed by atoms with Crippen LogP contribution < -0.4 is 10.6 Å². The van der Waals surface area contributed by atoms with Crippen LogP contribution >= 0.6 is 11.6 Å². The van der Waals surface area contributed by atoms with Crippen molar-refractivity contribution in [1.82, 2.24) is 10.6 Å². The zero-order valence-corrected chi connectivity index (χ0v) is 11.3. The van der Waals surface area contributed by atoms with Gasteiger partial charge in [-0.25, -0.2) is 0 Å².